The van der Waals surface area contributed by atoms with E-state index in [0.29, 0.717) is 19.3 Å². The van der Waals surface area contributed by atoms with Gasteiger partial charge in [-0.25, -0.2) is 0 Å². The van der Waals surface area contributed by atoms with Crippen molar-refractivity contribution in [3.8, 4) is 0 Å². The molecule has 0 amide bonds. The van der Waals surface area contributed by atoms with Crippen LogP contribution >= 0.6 is 0 Å². The normalized spacial score (nSPS) is 12.7. The number of hydrogen-bond donors (Lipinski definition) is 0. The Balaban J connectivity index is 4.33. The van der Waals surface area contributed by atoms with Gasteiger partial charge in [0.05, 0.1) is 0 Å². The summed E-state index contributed by atoms with van der Waals surface area (Å²) in [6, 6.07) is 0. The standard InChI is InChI=1S/C54H92O6/c1-4-7-10-13-16-19-21-23-24-25-26-27-28-29-30-32-33-35-38-41-44-47-53(56)59-50-51(49-58-52(55)46-43-40-37-18-15-12-9-6-3)60-54(57)48-45-42-39-36-34-31-22-20-17-14-11-8-5-2/h7,10,16,19-20,22-24,26-27,29-30,51H,4-6,8-9,11-15,17-18,21,25,28,31-50H2,1-3H3/b10-7-,19-16-,22-20-,24-23-,27-26-,30-29-. The van der Waals surface area contributed by atoms with E-state index in [1.807, 2.05) is 0 Å². The highest BCUT2D eigenvalue weighted by Crippen LogP contribution is 2.13. The maximum atomic E-state index is 12.7. The first-order valence-corrected chi connectivity index (χ1v) is 24.9. The van der Waals surface area contributed by atoms with Crippen LogP contribution < -0.4 is 0 Å². The molecule has 0 spiro atoms. The number of allylic oxidation sites excluding steroid dienone is 12. The Morgan fingerprint density at radius 3 is 1.05 bits per heavy atom. The van der Waals surface area contributed by atoms with Crippen LogP contribution in [0.5, 0.6) is 0 Å². The Bertz CT molecular complexity index is 1140. The molecule has 0 aliphatic carbocycles. The monoisotopic (exact) mass is 837 g/mol. The molecule has 0 fully saturated rings. The molecule has 0 saturated carbocycles. The zero-order valence-corrected chi connectivity index (χ0v) is 39.2. The average molecular weight is 837 g/mol. The maximum Gasteiger partial charge on any atom is 0.306 e. The predicted octanol–water partition coefficient (Wildman–Crippen LogP) is 16.3. The van der Waals surface area contributed by atoms with Gasteiger partial charge in [0.2, 0.25) is 0 Å². The van der Waals surface area contributed by atoms with Gasteiger partial charge in [0.15, 0.2) is 6.10 Å². The molecular weight excluding hydrogens is 745 g/mol. The number of ether oxygens (including phenoxy) is 3. The molecule has 0 bridgehead atoms. The van der Waals surface area contributed by atoms with Gasteiger partial charge in [0, 0.05) is 19.3 Å². The number of esters is 3. The van der Waals surface area contributed by atoms with Crippen molar-refractivity contribution in [1.29, 1.82) is 0 Å². The summed E-state index contributed by atoms with van der Waals surface area (Å²) >= 11 is 0. The average Bonchev–Trinajstić information content (AvgIpc) is 3.24. The van der Waals surface area contributed by atoms with Crippen molar-refractivity contribution < 1.29 is 28.6 Å². The topological polar surface area (TPSA) is 78.9 Å². The van der Waals surface area contributed by atoms with Crippen molar-refractivity contribution in [1.82, 2.24) is 0 Å². The van der Waals surface area contributed by atoms with Crippen LogP contribution in [-0.2, 0) is 28.6 Å². The molecule has 0 aromatic rings. The molecule has 1 unspecified atom stereocenters. The second-order valence-electron chi connectivity index (χ2n) is 16.3. The molecule has 6 heteroatoms. The number of carbonyl (C=O) groups is 3. The van der Waals surface area contributed by atoms with E-state index in [0.717, 1.165) is 122 Å². The summed E-state index contributed by atoms with van der Waals surface area (Å²) in [5, 5.41) is 0. The van der Waals surface area contributed by atoms with E-state index < -0.39 is 6.10 Å². The lowest BCUT2D eigenvalue weighted by Crippen LogP contribution is -2.30. The highest BCUT2D eigenvalue weighted by molar-refractivity contribution is 5.71. The highest BCUT2D eigenvalue weighted by atomic mass is 16.6. The van der Waals surface area contributed by atoms with Crippen LogP contribution in [0.1, 0.15) is 233 Å². The second-order valence-corrected chi connectivity index (χ2v) is 16.3. The number of unbranched alkanes of at least 4 members (excludes halogenated alkanes) is 21. The second kappa shape index (κ2) is 48.5. The molecule has 0 N–H and O–H groups in total. The lowest BCUT2D eigenvalue weighted by molar-refractivity contribution is -0.167. The summed E-state index contributed by atoms with van der Waals surface area (Å²) in [4.78, 5) is 37.8. The Hall–Kier alpha value is -3.15. The van der Waals surface area contributed by atoms with Gasteiger partial charge >= 0.3 is 17.9 Å². The van der Waals surface area contributed by atoms with E-state index in [4.69, 9.17) is 14.2 Å². The van der Waals surface area contributed by atoms with Crippen molar-refractivity contribution in [2.45, 2.75) is 239 Å². The molecule has 60 heavy (non-hydrogen) atoms. The summed E-state index contributed by atoms with van der Waals surface area (Å²) in [5.74, 6) is -0.918. The van der Waals surface area contributed by atoms with Crippen LogP contribution in [0.15, 0.2) is 72.9 Å². The van der Waals surface area contributed by atoms with Crippen molar-refractivity contribution in [2.75, 3.05) is 13.2 Å². The molecule has 0 saturated heterocycles. The molecule has 0 rings (SSSR count). The fourth-order valence-electron chi connectivity index (χ4n) is 6.70. The van der Waals surface area contributed by atoms with Crippen molar-refractivity contribution >= 4 is 17.9 Å². The number of rotatable bonds is 44. The van der Waals surface area contributed by atoms with Crippen LogP contribution in [-0.4, -0.2) is 37.2 Å². The van der Waals surface area contributed by atoms with Gasteiger partial charge in [-0.1, -0.05) is 196 Å². The van der Waals surface area contributed by atoms with E-state index in [9.17, 15) is 14.4 Å². The number of carbonyl (C=O) groups excluding carboxylic acids is 3. The first-order valence-electron chi connectivity index (χ1n) is 24.9. The summed E-state index contributed by atoms with van der Waals surface area (Å²) in [6.45, 7) is 6.45. The Morgan fingerprint density at radius 2 is 0.650 bits per heavy atom. The molecule has 0 heterocycles. The first kappa shape index (κ1) is 56.9. The van der Waals surface area contributed by atoms with E-state index in [1.165, 1.54) is 70.6 Å². The quantitative estimate of drug-likeness (QED) is 0.0263. The Labute approximate surface area is 370 Å². The van der Waals surface area contributed by atoms with Crippen LogP contribution in [0.2, 0.25) is 0 Å². The van der Waals surface area contributed by atoms with Crippen LogP contribution in [0, 0.1) is 0 Å². The summed E-state index contributed by atoms with van der Waals surface area (Å²) in [5.41, 5.74) is 0. The molecule has 0 aromatic carbocycles. The Kier molecular flexibility index (Phi) is 46.0. The lowest BCUT2D eigenvalue weighted by Gasteiger charge is -2.18. The van der Waals surface area contributed by atoms with E-state index in [2.05, 4.69) is 93.7 Å². The van der Waals surface area contributed by atoms with Gasteiger partial charge in [-0.3, -0.25) is 14.4 Å². The van der Waals surface area contributed by atoms with Gasteiger partial charge in [-0.15, -0.1) is 0 Å². The summed E-state index contributed by atoms with van der Waals surface area (Å²) in [7, 11) is 0. The highest BCUT2D eigenvalue weighted by Gasteiger charge is 2.19. The lowest BCUT2D eigenvalue weighted by atomic mass is 10.1. The Morgan fingerprint density at radius 1 is 0.350 bits per heavy atom. The smallest absolute Gasteiger partial charge is 0.306 e. The number of hydrogen-bond acceptors (Lipinski definition) is 6. The van der Waals surface area contributed by atoms with E-state index in [1.54, 1.807) is 0 Å². The van der Waals surface area contributed by atoms with E-state index >= 15 is 0 Å². The third-order valence-electron chi connectivity index (χ3n) is 10.4. The summed E-state index contributed by atoms with van der Waals surface area (Å²) < 4.78 is 16.7. The van der Waals surface area contributed by atoms with Gasteiger partial charge in [-0.05, 0) is 89.9 Å². The van der Waals surface area contributed by atoms with Crippen molar-refractivity contribution in [3.63, 3.8) is 0 Å². The molecule has 0 aliphatic heterocycles. The largest absolute Gasteiger partial charge is 0.462 e. The van der Waals surface area contributed by atoms with Crippen LogP contribution in [0.25, 0.3) is 0 Å². The fourth-order valence-corrected chi connectivity index (χ4v) is 6.70. The van der Waals surface area contributed by atoms with Gasteiger partial charge in [-0.2, -0.15) is 0 Å². The van der Waals surface area contributed by atoms with Gasteiger partial charge < -0.3 is 14.2 Å². The molecule has 6 nitrogen and oxygen atoms in total. The molecule has 1 atom stereocenters. The minimum atomic E-state index is -0.784. The zero-order valence-electron chi connectivity index (χ0n) is 39.2. The third-order valence-corrected chi connectivity index (χ3v) is 10.4. The maximum absolute atomic E-state index is 12.7. The molecule has 0 aliphatic rings. The minimum absolute atomic E-state index is 0.0844. The van der Waals surface area contributed by atoms with Crippen molar-refractivity contribution in [3.05, 3.63) is 72.9 Å². The third kappa shape index (κ3) is 45.9. The fraction of sp³-hybridized carbons (Fsp3) is 0.722. The van der Waals surface area contributed by atoms with Crippen molar-refractivity contribution in [2.24, 2.45) is 0 Å². The molecule has 0 aromatic heterocycles. The van der Waals surface area contributed by atoms with Crippen LogP contribution in [0.3, 0.4) is 0 Å². The predicted molar refractivity (Wildman–Crippen MR) is 256 cm³/mol. The first-order chi connectivity index (χ1) is 29.5. The molecule has 0 radical (unpaired) electrons. The molecular formula is C54H92O6. The van der Waals surface area contributed by atoms with Gasteiger partial charge in [0.1, 0.15) is 13.2 Å². The summed E-state index contributed by atoms with van der Waals surface area (Å²) in [6.07, 6.45) is 60.3. The SMILES string of the molecule is CC/C=C\C/C=C\C/C=C\C/C=C\C/C=C\CCCCCCCC(=O)OCC(COC(=O)CCCCCCCCCC)OC(=O)CCCCCCC/C=C\CCCCCC. The molecule has 344 valence electrons. The zero-order chi connectivity index (χ0) is 43.7. The minimum Gasteiger partial charge on any atom is -0.462 e. The van der Waals surface area contributed by atoms with Gasteiger partial charge in [0.25, 0.3) is 0 Å². The van der Waals surface area contributed by atoms with E-state index in [-0.39, 0.29) is 31.1 Å². The van der Waals surface area contributed by atoms with Crippen LogP contribution in [0.4, 0.5) is 0 Å².